The van der Waals surface area contributed by atoms with E-state index in [0.29, 0.717) is 11.2 Å². The summed E-state index contributed by atoms with van der Waals surface area (Å²) in [6.45, 7) is -3.09. The summed E-state index contributed by atoms with van der Waals surface area (Å²) in [6, 6.07) is 4.94. The van der Waals surface area contributed by atoms with Crippen LogP contribution in [-0.2, 0) is 14.1 Å². The molecule has 10 nitrogen and oxygen atoms in total. The molecular weight excluding hydrogens is 478 g/mol. The van der Waals surface area contributed by atoms with Gasteiger partial charge >= 0.3 is 6.61 Å². The van der Waals surface area contributed by atoms with E-state index in [0.717, 1.165) is 5.56 Å². The first-order valence-corrected chi connectivity index (χ1v) is 10.7. The Labute approximate surface area is 202 Å². The average molecular weight is 497 g/mol. The highest BCUT2D eigenvalue weighted by molar-refractivity contribution is 7.80. The molecule has 0 radical (unpaired) electrons. The van der Waals surface area contributed by atoms with Crippen LogP contribution in [0.15, 0.2) is 60.3 Å². The molecule has 0 aliphatic carbocycles. The topological polar surface area (TPSA) is 104 Å². The number of halogens is 2. The number of fused-ring (bicyclic) bond motifs is 1. The van der Waals surface area contributed by atoms with E-state index in [-0.39, 0.29) is 33.2 Å². The van der Waals surface area contributed by atoms with Gasteiger partial charge in [-0.1, -0.05) is 0 Å². The number of anilines is 1. The number of rotatable bonds is 6. The first-order valence-electron chi connectivity index (χ1n) is 10.2. The Kier molecular flexibility index (Phi) is 5.68. The quantitative estimate of drug-likeness (QED) is 0.348. The lowest BCUT2D eigenvalue weighted by atomic mass is 10.0. The zero-order valence-electron chi connectivity index (χ0n) is 18.4. The lowest BCUT2D eigenvalue weighted by Gasteiger charge is -2.15. The molecule has 0 bridgehead atoms. The molecule has 0 spiro atoms. The van der Waals surface area contributed by atoms with Crippen molar-refractivity contribution in [2.75, 3.05) is 5.32 Å². The number of benzene rings is 1. The van der Waals surface area contributed by atoms with Gasteiger partial charge in [0.05, 0.1) is 18.1 Å². The second-order valence-corrected chi connectivity index (χ2v) is 8.10. The molecule has 0 unspecified atom stereocenters. The Morgan fingerprint density at radius 1 is 1.11 bits per heavy atom. The Hall–Kier alpha value is -4.26. The minimum absolute atomic E-state index is 0.164. The van der Waals surface area contributed by atoms with Gasteiger partial charge in [-0.05, 0) is 23.8 Å². The largest absolute Gasteiger partial charge is 0.433 e. The van der Waals surface area contributed by atoms with Crippen LogP contribution in [0.25, 0.3) is 28.0 Å². The molecule has 1 aromatic carbocycles. The Morgan fingerprint density at radius 3 is 2.69 bits per heavy atom. The highest BCUT2D eigenvalue weighted by atomic mass is 32.1. The smallest absolute Gasteiger partial charge is 0.387 e. The van der Waals surface area contributed by atoms with E-state index in [1.807, 2.05) is 0 Å². The van der Waals surface area contributed by atoms with E-state index < -0.39 is 12.5 Å². The SMILES string of the molecule is Cn1cc(-c2cc(S)c(OC(F)F)c(-c3nn(C)cc3NC(=O)c3cnn4cccnc34)c2)cn1. The van der Waals surface area contributed by atoms with Crippen molar-refractivity contribution < 1.29 is 18.3 Å². The monoisotopic (exact) mass is 496 g/mol. The van der Waals surface area contributed by atoms with E-state index in [1.54, 1.807) is 68.0 Å². The van der Waals surface area contributed by atoms with Gasteiger partial charge < -0.3 is 10.1 Å². The van der Waals surface area contributed by atoms with Crippen molar-refractivity contribution in [1.82, 2.24) is 34.2 Å². The van der Waals surface area contributed by atoms with Crippen molar-refractivity contribution >= 4 is 29.9 Å². The van der Waals surface area contributed by atoms with Crippen molar-refractivity contribution in [3.8, 4) is 28.1 Å². The maximum Gasteiger partial charge on any atom is 0.387 e. The van der Waals surface area contributed by atoms with Crippen molar-refractivity contribution in [2.45, 2.75) is 11.5 Å². The molecule has 0 saturated carbocycles. The lowest BCUT2D eigenvalue weighted by Crippen LogP contribution is -2.12. The van der Waals surface area contributed by atoms with E-state index >= 15 is 0 Å². The van der Waals surface area contributed by atoms with Crippen LogP contribution >= 0.6 is 12.6 Å². The fraction of sp³-hybridized carbons (Fsp3) is 0.136. The minimum Gasteiger partial charge on any atom is -0.433 e. The van der Waals surface area contributed by atoms with Crippen LogP contribution in [0.5, 0.6) is 5.75 Å². The summed E-state index contributed by atoms with van der Waals surface area (Å²) in [5, 5.41) is 15.5. The fourth-order valence-electron chi connectivity index (χ4n) is 3.70. The molecule has 5 aromatic rings. The first-order chi connectivity index (χ1) is 16.8. The van der Waals surface area contributed by atoms with Gasteiger partial charge in [0.25, 0.3) is 5.91 Å². The third-order valence-electron chi connectivity index (χ3n) is 5.17. The normalized spacial score (nSPS) is 11.4. The number of thiol groups is 1. The molecule has 1 N–H and O–H groups in total. The molecule has 1 amide bonds. The second-order valence-electron chi connectivity index (χ2n) is 7.62. The van der Waals surface area contributed by atoms with Gasteiger partial charge in [-0.15, -0.1) is 12.6 Å². The Balaban J connectivity index is 1.60. The Morgan fingerprint density at radius 2 is 1.94 bits per heavy atom. The van der Waals surface area contributed by atoms with Gasteiger partial charge in [0, 0.05) is 54.9 Å². The number of alkyl halides is 2. The van der Waals surface area contributed by atoms with Gasteiger partial charge in [0.2, 0.25) is 0 Å². The van der Waals surface area contributed by atoms with E-state index in [4.69, 9.17) is 4.74 Å². The summed E-state index contributed by atoms with van der Waals surface area (Å²) in [6.07, 6.45) is 9.59. The van der Waals surface area contributed by atoms with Crippen molar-refractivity contribution in [2.24, 2.45) is 14.1 Å². The standard InChI is InChI=1S/C22H18F2N8O2S/c1-30-10-13(8-26-30)12-6-14(19(17(35)7-12)34-22(23)24)18-16(11-31(2)29-18)28-21(33)15-9-27-32-5-3-4-25-20(15)32/h3-11,22,35H,1-2H3,(H,28,33). The van der Waals surface area contributed by atoms with Crippen molar-refractivity contribution in [3.05, 3.63) is 60.9 Å². The number of ether oxygens (including phenoxy) is 1. The summed E-state index contributed by atoms with van der Waals surface area (Å²) in [5.41, 5.74) is 2.74. The molecule has 0 fully saturated rings. The zero-order chi connectivity index (χ0) is 24.7. The van der Waals surface area contributed by atoms with Crippen LogP contribution in [-0.4, -0.2) is 46.7 Å². The van der Waals surface area contributed by atoms with Crippen LogP contribution in [0.1, 0.15) is 10.4 Å². The lowest BCUT2D eigenvalue weighted by molar-refractivity contribution is -0.0512. The van der Waals surface area contributed by atoms with Crippen LogP contribution in [0.2, 0.25) is 0 Å². The predicted molar refractivity (Wildman–Crippen MR) is 126 cm³/mol. The van der Waals surface area contributed by atoms with E-state index in [1.165, 1.54) is 15.4 Å². The summed E-state index contributed by atoms with van der Waals surface area (Å²) in [5.74, 6) is -0.651. The summed E-state index contributed by atoms with van der Waals surface area (Å²) in [7, 11) is 3.41. The van der Waals surface area contributed by atoms with Crippen LogP contribution in [0.4, 0.5) is 14.5 Å². The Bertz CT molecular complexity index is 1560. The average Bonchev–Trinajstić information content (AvgIpc) is 3.53. The van der Waals surface area contributed by atoms with Crippen LogP contribution in [0, 0.1) is 0 Å². The zero-order valence-corrected chi connectivity index (χ0v) is 19.3. The maximum absolute atomic E-state index is 13.3. The minimum atomic E-state index is -3.09. The fourth-order valence-corrected chi connectivity index (χ4v) is 4.01. The number of hydrogen-bond acceptors (Lipinski definition) is 7. The molecule has 178 valence electrons. The number of nitrogens with one attached hydrogen (secondary N) is 1. The van der Waals surface area contributed by atoms with Crippen LogP contribution in [0.3, 0.4) is 0 Å². The molecule has 5 rings (SSSR count). The third kappa shape index (κ3) is 4.33. The number of aromatic nitrogens is 7. The number of carbonyl (C=O) groups is 1. The van der Waals surface area contributed by atoms with E-state index in [2.05, 4.69) is 38.2 Å². The highest BCUT2D eigenvalue weighted by Crippen LogP contribution is 2.42. The molecule has 4 heterocycles. The van der Waals surface area contributed by atoms with Gasteiger partial charge in [-0.3, -0.25) is 14.2 Å². The number of hydrogen-bond donors (Lipinski definition) is 2. The van der Waals surface area contributed by atoms with Gasteiger partial charge in [-0.2, -0.15) is 24.1 Å². The molecule has 13 heteroatoms. The molecule has 0 atom stereocenters. The maximum atomic E-state index is 13.3. The summed E-state index contributed by atoms with van der Waals surface area (Å²) in [4.78, 5) is 17.5. The van der Waals surface area contributed by atoms with Gasteiger partial charge in [0.15, 0.2) is 5.65 Å². The molecule has 35 heavy (non-hydrogen) atoms. The van der Waals surface area contributed by atoms with Crippen LogP contribution < -0.4 is 10.1 Å². The molecule has 0 aliphatic heterocycles. The highest BCUT2D eigenvalue weighted by Gasteiger charge is 2.24. The summed E-state index contributed by atoms with van der Waals surface area (Å²) >= 11 is 4.39. The van der Waals surface area contributed by atoms with Gasteiger partial charge in [-0.25, -0.2) is 9.50 Å². The third-order valence-corrected chi connectivity index (χ3v) is 5.50. The number of nitrogens with zero attached hydrogens (tertiary/aromatic N) is 7. The molecule has 4 aromatic heterocycles. The molecular formula is C22H18F2N8O2S. The first kappa shape index (κ1) is 22.5. The predicted octanol–water partition coefficient (Wildman–Crippen LogP) is 3.67. The van der Waals surface area contributed by atoms with Crippen molar-refractivity contribution in [1.29, 1.82) is 0 Å². The summed E-state index contributed by atoms with van der Waals surface area (Å²) < 4.78 is 35.9. The number of amides is 1. The van der Waals surface area contributed by atoms with Gasteiger partial charge in [0.1, 0.15) is 17.0 Å². The molecule has 0 saturated heterocycles. The number of aryl methyl sites for hydroxylation is 2. The van der Waals surface area contributed by atoms with E-state index in [9.17, 15) is 13.6 Å². The second kappa shape index (κ2) is 8.83. The van der Waals surface area contributed by atoms with Crippen molar-refractivity contribution in [3.63, 3.8) is 0 Å². The molecule has 0 aliphatic rings. The number of carbonyl (C=O) groups excluding carboxylic acids is 1.